The third-order valence-electron chi connectivity index (χ3n) is 7.43. The minimum atomic E-state index is -4.72. The molecule has 1 aromatic carbocycles. The number of aryl methyl sites for hydroxylation is 1. The number of hydrogen-bond donors (Lipinski definition) is 1. The molecule has 5 rings (SSSR count). The van der Waals surface area contributed by atoms with Crippen LogP contribution in [-0.4, -0.2) is 105 Å². The largest absolute Gasteiger partial charge is 0.435 e. The maximum absolute atomic E-state index is 13.8. The quantitative estimate of drug-likeness (QED) is 0.310. The molecule has 0 spiro atoms. The molecule has 11 nitrogen and oxygen atoms in total. The Balaban J connectivity index is 1.32. The normalized spacial score (nSPS) is 14.7. The summed E-state index contributed by atoms with van der Waals surface area (Å²) in [6, 6.07) is 7.20. The van der Waals surface area contributed by atoms with Gasteiger partial charge in [-0.1, -0.05) is 0 Å². The lowest BCUT2D eigenvalue weighted by Crippen LogP contribution is -2.51. The summed E-state index contributed by atoms with van der Waals surface area (Å²) < 4.78 is 44.6. The topological polar surface area (TPSA) is 107 Å². The lowest BCUT2D eigenvalue weighted by atomic mass is 10.1. The molecular formula is C29H34F3N10O+. The van der Waals surface area contributed by atoms with Crippen LogP contribution in [0.1, 0.15) is 21.6 Å². The third kappa shape index (κ3) is 6.63. The number of carbonyl (C=O) groups excluding carboxylic acids is 1. The number of amides is 1. The van der Waals surface area contributed by atoms with Gasteiger partial charge in [-0.05, 0) is 30.7 Å². The zero-order chi connectivity index (χ0) is 30.9. The average molecular weight is 596 g/mol. The summed E-state index contributed by atoms with van der Waals surface area (Å²) in [5.41, 5.74) is 1.23. The predicted molar refractivity (Wildman–Crippen MR) is 155 cm³/mol. The van der Waals surface area contributed by atoms with Crippen LogP contribution in [0.5, 0.6) is 0 Å². The Morgan fingerprint density at radius 2 is 1.88 bits per heavy atom. The van der Waals surface area contributed by atoms with Gasteiger partial charge in [0.25, 0.3) is 5.91 Å². The molecule has 0 radical (unpaired) electrons. The minimum absolute atomic E-state index is 0.00848. The molecule has 1 aliphatic rings. The van der Waals surface area contributed by atoms with Crippen molar-refractivity contribution in [2.45, 2.75) is 19.6 Å². The molecule has 1 aliphatic heterocycles. The summed E-state index contributed by atoms with van der Waals surface area (Å²) in [5, 5.41) is 15.7. The molecule has 43 heavy (non-hydrogen) atoms. The summed E-state index contributed by atoms with van der Waals surface area (Å²) in [6.07, 6.45) is 0.760. The first-order valence-electron chi connectivity index (χ1n) is 13.9. The highest BCUT2D eigenvalue weighted by Gasteiger charge is 2.38. The van der Waals surface area contributed by atoms with Crippen LogP contribution in [0.25, 0.3) is 16.9 Å². The smallest absolute Gasteiger partial charge is 0.337 e. The first kappa shape index (κ1) is 30.0. The van der Waals surface area contributed by atoms with E-state index in [0.29, 0.717) is 35.8 Å². The number of rotatable bonds is 8. The summed E-state index contributed by atoms with van der Waals surface area (Å²) in [5.74, 6) is 0.320. The zero-order valence-corrected chi connectivity index (χ0v) is 24.6. The summed E-state index contributed by atoms with van der Waals surface area (Å²) >= 11 is 0. The number of halogens is 3. The van der Waals surface area contributed by atoms with Crippen molar-refractivity contribution in [1.29, 1.82) is 5.26 Å². The average Bonchev–Trinajstić information content (AvgIpc) is 3.57. The number of nitrogens with one attached hydrogen (secondary N) is 1. The number of aromatic nitrogens is 5. The van der Waals surface area contributed by atoms with Gasteiger partial charge in [-0.3, -0.25) is 18.8 Å². The summed E-state index contributed by atoms with van der Waals surface area (Å²) in [6.45, 7) is 6.63. The van der Waals surface area contributed by atoms with Crippen molar-refractivity contribution < 1.29 is 22.4 Å². The Labute approximate surface area is 247 Å². The van der Waals surface area contributed by atoms with Crippen molar-refractivity contribution in [3.8, 4) is 17.3 Å². The van der Waals surface area contributed by atoms with Gasteiger partial charge in [0, 0.05) is 62.6 Å². The van der Waals surface area contributed by atoms with Crippen LogP contribution in [0.3, 0.4) is 0 Å². The maximum Gasteiger partial charge on any atom is 0.435 e. The molecule has 1 N–H and O–H groups in total. The number of quaternary nitrogens is 1. The highest BCUT2D eigenvalue weighted by Crippen LogP contribution is 2.37. The first-order chi connectivity index (χ1) is 20.3. The van der Waals surface area contributed by atoms with Crippen molar-refractivity contribution in [2.24, 2.45) is 0 Å². The van der Waals surface area contributed by atoms with Crippen molar-refractivity contribution in [2.75, 3.05) is 65.7 Å². The van der Waals surface area contributed by atoms with Crippen molar-refractivity contribution >= 4 is 23.1 Å². The number of nitriles is 1. The lowest BCUT2D eigenvalue weighted by Gasteiger charge is -2.36. The van der Waals surface area contributed by atoms with Gasteiger partial charge in [-0.15, -0.1) is 0 Å². The number of imidazole rings is 1. The molecule has 1 saturated heterocycles. The van der Waals surface area contributed by atoms with E-state index in [4.69, 9.17) is 5.26 Å². The van der Waals surface area contributed by atoms with Crippen molar-refractivity contribution in [3.63, 3.8) is 0 Å². The monoisotopic (exact) mass is 595 g/mol. The van der Waals surface area contributed by atoms with Crippen LogP contribution in [0, 0.1) is 18.3 Å². The van der Waals surface area contributed by atoms with E-state index < -0.39 is 11.9 Å². The van der Waals surface area contributed by atoms with Crippen LogP contribution in [0.4, 0.5) is 24.7 Å². The Morgan fingerprint density at radius 1 is 1.14 bits per heavy atom. The highest BCUT2D eigenvalue weighted by atomic mass is 19.4. The van der Waals surface area contributed by atoms with Crippen molar-refractivity contribution in [1.82, 2.24) is 33.9 Å². The number of piperazine rings is 1. The molecule has 226 valence electrons. The van der Waals surface area contributed by atoms with E-state index in [1.807, 2.05) is 17.9 Å². The van der Waals surface area contributed by atoms with Gasteiger partial charge in [0.2, 0.25) is 0 Å². The molecule has 14 heteroatoms. The van der Waals surface area contributed by atoms with Gasteiger partial charge in [0.05, 0.1) is 51.2 Å². The molecule has 1 amide bonds. The van der Waals surface area contributed by atoms with Crippen LogP contribution in [-0.2, 0) is 12.7 Å². The van der Waals surface area contributed by atoms with E-state index >= 15 is 0 Å². The van der Waals surface area contributed by atoms with Crippen molar-refractivity contribution in [3.05, 3.63) is 59.8 Å². The second kappa shape index (κ2) is 11.7. The fourth-order valence-electron chi connectivity index (χ4n) is 5.08. The number of anilines is 2. The summed E-state index contributed by atoms with van der Waals surface area (Å²) in [7, 11) is 6.52. The fraction of sp³-hybridized carbons (Fsp3) is 0.414. The Hall–Kier alpha value is -4.48. The van der Waals surface area contributed by atoms with Crippen LogP contribution in [0.2, 0.25) is 0 Å². The van der Waals surface area contributed by atoms with Gasteiger partial charge in [0.1, 0.15) is 6.54 Å². The zero-order valence-electron chi connectivity index (χ0n) is 24.6. The second-order valence-corrected chi connectivity index (χ2v) is 11.7. The van der Waals surface area contributed by atoms with E-state index in [2.05, 4.69) is 46.4 Å². The van der Waals surface area contributed by atoms with Crippen LogP contribution >= 0.6 is 0 Å². The number of fused-ring (bicyclic) bond motifs is 1. The molecule has 0 saturated carbocycles. The van der Waals surface area contributed by atoms with Gasteiger partial charge in [-0.2, -0.15) is 23.5 Å². The number of likely N-dealkylation sites (N-methyl/N-ethyl adjacent to an activating group) is 1. The third-order valence-corrected chi connectivity index (χ3v) is 7.43. The minimum Gasteiger partial charge on any atom is -0.337 e. The maximum atomic E-state index is 13.8. The Kier molecular flexibility index (Phi) is 8.13. The van der Waals surface area contributed by atoms with Gasteiger partial charge >= 0.3 is 6.18 Å². The molecular weight excluding hydrogens is 561 g/mol. The van der Waals surface area contributed by atoms with E-state index in [0.717, 1.165) is 40.9 Å². The van der Waals surface area contributed by atoms with Crippen LogP contribution < -0.4 is 5.32 Å². The number of alkyl halides is 3. The molecule has 1 fully saturated rings. The van der Waals surface area contributed by atoms with Gasteiger partial charge in [-0.25, -0.2) is 9.97 Å². The highest BCUT2D eigenvalue weighted by molar-refractivity contribution is 5.96. The fourth-order valence-corrected chi connectivity index (χ4v) is 5.08. The van der Waals surface area contributed by atoms with E-state index in [1.54, 1.807) is 18.2 Å². The van der Waals surface area contributed by atoms with Gasteiger partial charge in [0.15, 0.2) is 17.2 Å². The molecule has 4 aromatic rings. The van der Waals surface area contributed by atoms with Crippen LogP contribution in [0.15, 0.2) is 43.0 Å². The molecule has 0 aliphatic carbocycles. The Bertz CT molecular complexity index is 1670. The number of benzene rings is 1. The number of carbonyl (C=O) groups is 1. The standard InChI is InChI=1S/C29H33F3N10O/c1-20-17-21(5-6-22(20)28(43)39-13-11-38(12-14-39)15-16-42(2,3)4)36-26-27-35-18-24(41(27)10-8-34-26)23-19-40(9-7-33)37-25(23)29(30,31)32/h5-6,8,10,17-19H,9,11-16H2,1-4H3/p+1. The lowest BCUT2D eigenvalue weighted by molar-refractivity contribution is -0.869. The van der Waals surface area contributed by atoms with E-state index in [9.17, 15) is 18.0 Å². The molecule has 3 aromatic heterocycles. The van der Waals surface area contributed by atoms with Gasteiger partial charge < -0.3 is 14.7 Å². The number of nitrogens with zero attached hydrogens (tertiary/aromatic N) is 9. The molecule has 4 heterocycles. The SMILES string of the molecule is Cc1cc(Nc2nccn3c(-c4cn(CC#N)nc4C(F)(F)F)cnc23)ccc1C(=O)N1CCN(CC[N+](C)(C)C)CC1. The van der Waals surface area contributed by atoms with E-state index in [-0.39, 0.29) is 23.7 Å². The Morgan fingerprint density at radius 3 is 2.53 bits per heavy atom. The second-order valence-electron chi connectivity index (χ2n) is 11.7. The molecule has 0 bridgehead atoms. The molecule has 0 unspecified atom stereocenters. The number of hydrogen-bond acceptors (Lipinski definition) is 7. The first-order valence-corrected chi connectivity index (χ1v) is 13.9. The molecule has 0 atom stereocenters. The van der Waals surface area contributed by atoms with E-state index in [1.165, 1.54) is 29.2 Å². The summed E-state index contributed by atoms with van der Waals surface area (Å²) in [4.78, 5) is 26.3. The predicted octanol–water partition coefficient (Wildman–Crippen LogP) is 3.65.